The van der Waals surface area contributed by atoms with Crippen LogP contribution in [0.3, 0.4) is 0 Å². The van der Waals surface area contributed by atoms with Gasteiger partial charge in [-0.2, -0.15) is 9.46 Å². The molecule has 3 aromatic carbocycles. The number of para-hydroxylation sites is 2. The molecule has 5 rings (SSSR count). The molecule has 0 radical (unpaired) electrons. The average molecular weight is 288 g/mol. The van der Waals surface area contributed by atoms with Crippen molar-refractivity contribution >= 4 is 43.6 Å². The standard InChI is InChI=1S/C18H12N2O2/c21-19-15-7-3-1-5-11(15)13-9-10-14-12-6-2-4-8-16(12)20(22)18(14)17(13)19/h1-10,21-22H. The summed E-state index contributed by atoms with van der Waals surface area (Å²) in [5, 5.41) is 25.0. The SMILES string of the molecule is On1c2ccccc2c2ccc3c4ccccc4n(O)c3c21. The summed E-state index contributed by atoms with van der Waals surface area (Å²) < 4.78 is 2.33. The molecule has 0 unspecified atom stereocenters. The summed E-state index contributed by atoms with van der Waals surface area (Å²) in [5.74, 6) is 0. The summed E-state index contributed by atoms with van der Waals surface area (Å²) in [6, 6.07) is 19.3. The van der Waals surface area contributed by atoms with Crippen molar-refractivity contribution in [3.63, 3.8) is 0 Å². The summed E-state index contributed by atoms with van der Waals surface area (Å²) in [6.45, 7) is 0. The molecular weight excluding hydrogens is 276 g/mol. The van der Waals surface area contributed by atoms with Gasteiger partial charge in [-0.15, -0.1) is 0 Å². The number of fused-ring (bicyclic) bond motifs is 7. The summed E-state index contributed by atoms with van der Waals surface area (Å²) in [6.07, 6.45) is 0. The number of aromatic nitrogens is 2. The predicted octanol–water partition coefficient (Wildman–Crippen LogP) is 4.38. The molecule has 0 atom stereocenters. The molecule has 4 heteroatoms. The van der Waals surface area contributed by atoms with Crippen LogP contribution < -0.4 is 0 Å². The maximum absolute atomic E-state index is 10.6. The minimum atomic E-state index is 0.623. The highest BCUT2D eigenvalue weighted by molar-refractivity contribution is 6.22. The number of rotatable bonds is 0. The third-order valence-electron chi connectivity index (χ3n) is 4.42. The van der Waals surface area contributed by atoms with Gasteiger partial charge in [-0.3, -0.25) is 0 Å². The molecule has 0 bridgehead atoms. The van der Waals surface area contributed by atoms with Gasteiger partial charge in [0.2, 0.25) is 0 Å². The van der Waals surface area contributed by atoms with Gasteiger partial charge in [0.05, 0.1) is 11.0 Å². The van der Waals surface area contributed by atoms with E-state index >= 15 is 0 Å². The van der Waals surface area contributed by atoms with Crippen LogP contribution in [0.25, 0.3) is 43.6 Å². The molecule has 0 aliphatic rings. The first-order valence-electron chi connectivity index (χ1n) is 7.11. The van der Waals surface area contributed by atoms with Crippen molar-refractivity contribution in [3.8, 4) is 0 Å². The predicted molar refractivity (Wildman–Crippen MR) is 86.8 cm³/mol. The summed E-state index contributed by atoms with van der Waals surface area (Å²) >= 11 is 0. The van der Waals surface area contributed by atoms with E-state index in [9.17, 15) is 10.4 Å². The molecule has 0 saturated carbocycles. The summed E-state index contributed by atoms with van der Waals surface area (Å²) in [4.78, 5) is 0. The molecule has 4 nitrogen and oxygen atoms in total. The van der Waals surface area contributed by atoms with Crippen molar-refractivity contribution in [2.45, 2.75) is 0 Å². The van der Waals surface area contributed by atoms with E-state index in [-0.39, 0.29) is 0 Å². The minimum absolute atomic E-state index is 0.623. The Morgan fingerprint density at radius 2 is 0.909 bits per heavy atom. The zero-order valence-electron chi connectivity index (χ0n) is 11.6. The fourth-order valence-electron chi connectivity index (χ4n) is 3.46. The third-order valence-corrected chi connectivity index (χ3v) is 4.42. The van der Waals surface area contributed by atoms with E-state index in [1.54, 1.807) is 0 Å². The van der Waals surface area contributed by atoms with Crippen LogP contribution in [0.15, 0.2) is 60.7 Å². The van der Waals surface area contributed by atoms with Crippen molar-refractivity contribution in [2.24, 2.45) is 0 Å². The monoisotopic (exact) mass is 288 g/mol. The minimum Gasteiger partial charge on any atom is -0.428 e. The lowest BCUT2D eigenvalue weighted by Crippen LogP contribution is -1.94. The van der Waals surface area contributed by atoms with Crippen LogP contribution in [0.1, 0.15) is 0 Å². The normalized spacial score (nSPS) is 12.0. The molecular formula is C18H12N2O2. The molecule has 0 aliphatic carbocycles. The van der Waals surface area contributed by atoms with Crippen molar-refractivity contribution in [1.29, 1.82) is 0 Å². The topological polar surface area (TPSA) is 50.3 Å². The molecule has 22 heavy (non-hydrogen) atoms. The van der Waals surface area contributed by atoms with Gasteiger partial charge in [-0.25, -0.2) is 0 Å². The Bertz CT molecular complexity index is 1100. The van der Waals surface area contributed by atoms with E-state index in [0.717, 1.165) is 32.6 Å². The Morgan fingerprint density at radius 1 is 0.500 bits per heavy atom. The summed E-state index contributed by atoms with van der Waals surface area (Å²) in [7, 11) is 0. The molecule has 5 aromatic rings. The van der Waals surface area contributed by atoms with Gasteiger partial charge < -0.3 is 10.4 Å². The second-order valence-corrected chi connectivity index (χ2v) is 5.52. The van der Waals surface area contributed by atoms with Gasteiger partial charge >= 0.3 is 0 Å². The number of hydrogen-bond donors (Lipinski definition) is 2. The van der Waals surface area contributed by atoms with E-state index in [1.165, 1.54) is 9.46 Å². The van der Waals surface area contributed by atoms with E-state index in [0.29, 0.717) is 11.0 Å². The van der Waals surface area contributed by atoms with Gasteiger partial charge in [0.15, 0.2) is 0 Å². The largest absolute Gasteiger partial charge is 0.428 e. The first kappa shape index (κ1) is 11.5. The molecule has 0 fully saturated rings. The van der Waals surface area contributed by atoms with E-state index in [1.807, 2.05) is 60.7 Å². The zero-order valence-corrected chi connectivity index (χ0v) is 11.6. The lowest BCUT2D eigenvalue weighted by Gasteiger charge is -2.01. The number of hydrogen-bond acceptors (Lipinski definition) is 2. The van der Waals surface area contributed by atoms with Crippen LogP contribution in [0.2, 0.25) is 0 Å². The Kier molecular flexibility index (Phi) is 1.96. The van der Waals surface area contributed by atoms with Crippen LogP contribution in [-0.2, 0) is 0 Å². The quantitative estimate of drug-likeness (QED) is 0.415. The van der Waals surface area contributed by atoms with Crippen LogP contribution in [0.5, 0.6) is 0 Å². The van der Waals surface area contributed by atoms with E-state index in [2.05, 4.69) is 0 Å². The Labute approximate surface area is 124 Å². The van der Waals surface area contributed by atoms with Crippen LogP contribution >= 0.6 is 0 Å². The number of benzene rings is 3. The fourth-order valence-corrected chi connectivity index (χ4v) is 3.46. The highest BCUT2D eigenvalue weighted by Crippen LogP contribution is 2.37. The highest BCUT2D eigenvalue weighted by atomic mass is 16.5. The maximum atomic E-state index is 10.6. The molecule has 0 aliphatic heterocycles. The van der Waals surface area contributed by atoms with Crippen LogP contribution in [-0.4, -0.2) is 19.9 Å². The first-order chi connectivity index (χ1) is 10.8. The Morgan fingerprint density at radius 3 is 1.36 bits per heavy atom. The third kappa shape index (κ3) is 1.18. The Hall–Kier alpha value is -3.14. The van der Waals surface area contributed by atoms with Crippen LogP contribution in [0, 0.1) is 0 Å². The van der Waals surface area contributed by atoms with Gasteiger partial charge in [-0.05, 0) is 12.1 Å². The van der Waals surface area contributed by atoms with E-state index < -0.39 is 0 Å². The molecule has 0 spiro atoms. The second-order valence-electron chi connectivity index (χ2n) is 5.52. The zero-order chi connectivity index (χ0) is 14.8. The van der Waals surface area contributed by atoms with Crippen molar-refractivity contribution < 1.29 is 10.4 Å². The summed E-state index contributed by atoms with van der Waals surface area (Å²) in [5.41, 5.74) is 2.71. The van der Waals surface area contributed by atoms with Gasteiger partial charge in [0, 0.05) is 21.5 Å². The lowest BCUT2D eigenvalue weighted by molar-refractivity contribution is 0.204. The van der Waals surface area contributed by atoms with Crippen molar-refractivity contribution in [2.75, 3.05) is 0 Å². The van der Waals surface area contributed by atoms with Gasteiger partial charge in [-0.1, -0.05) is 48.5 Å². The molecule has 106 valence electrons. The van der Waals surface area contributed by atoms with Gasteiger partial charge in [0.25, 0.3) is 0 Å². The van der Waals surface area contributed by atoms with Crippen molar-refractivity contribution in [3.05, 3.63) is 60.7 Å². The Balaban J connectivity index is 2.18. The van der Waals surface area contributed by atoms with E-state index in [4.69, 9.17) is 0 Å². The highest BCUT2D eigenvalue weighted by Gasteiger charge is 2.18. The molecule has 0 amide bonds. The molecule has 2 N–H and O–H groups in total. The smallest absolute Gasteiger partial charge is 0.116 e. The molecule has 2 aromatic heterocycles. The first-order valence-corrected chi connectivity index (χ1v) is 7.11. The van der Waals surface area contributed by atoms with Gasteiger partial charge in [0.1, 0.15) is 11.0 Å². The average Bonchev–Trinajstić information content (AvgIpc) is 3.02. The fraction of sp³-hybridized carbons (Fsp3) is 0. The molecule has 2 heterocycles. The number of nitrogens with zero attached hydrogens (tertiary/aromatic N) is 2. The second kappa shape index (κ2) is 3.74. The maximum Gasteiger partial charge on any atom is 0.116 e. The van der Waals surface area contributed by atoms with Crippen LogP contribution in [0.4, 0.5) is 0 Å². The lowest BCUT2D eigenvalue weighted by atomic mass is 10.1. The van der Waals surface area contributed by atoms with Crippen molar-refractivity contribution in [1.82, 2.24) is 9.46 Å². The molecule has 0 saturated heterocycles.